The first-order valence-corrected chi connectivity index (χ1v) is 14.0. The van der Waals surface area contributed by atoms with E-state index in [-0.39, 0.29) is 4.90 Å². The Kier molecular flexibility index (Phi) is 5.82. The molecule has 37 heavy (non-hydrogen) atoms. The SMILES string of the molecule is Cc1ccc2nc(-c3ccc(NS(=O)(=O)c4cn(-c5ccccc5)nc4-c4ccccc4)cc3)sc2c1. The Morgan fingerprint density at radius 1 is 0.811 bits per heavy atom. The van der Waals surface area contributed by atoms with Crippen LogP contribution in [0.2, 0.25) is 0 Å². The number of thiazole rings is 1. The van der Waals surface area contributed by atoms with Gasteiger partial charge < -0.3 is 0 Å². The first kappa shape index (κ1) is 23.1. The second-order valence-electron chi connectivity index (χ2n) is 8.66. The summed E-state index contributed by atoms with van der Waals surface area (Å²) in [6.07, 6.45) is 1.55. The van der Waals surface area contributed by atoms with Gasteiger partial charge >= 0.3 is 0 Å². The van der Waals surface area contributed by atoms with E-state index in [0.29, 0.717) is 11.4 Å². The predicted octanol–water partition coefficient (Wildman–Crippen LogP) is 6.93. The third-order valence-electron chi connectivity index (χ3n) is 5.97. The van der Waals surface area contributed by atoms with Gasteiger partial charge in [-0.1, -0.05) is 54.6 Å². The Balaban J connectivity index is 1.33. The summed E-state index contributed by atoms with van der Waals surface area (Å²) in [6.45, 7) is 2.06. The van der Waals surface area contributed by atoms with Crippen LogP contribution in [-0.2, 0) is 10.0 Å². The molecule has 0 spiro atoms. The fourth-order valence-corrected chi connectivity index (χ4v) is 6.39. The van der Waals surface area contributed by atoms with Gasteiger partial charge in [0.15, 0.2) is 0 Å². The lowest BCUT2D eigenvalue weighted by Gasteiger charge is -2.08. The number of para-hydroxylation sites is 1. The zero-order valence-electron chi connectivity index (χ0n) is 19.9. The predicted molar refractivity (Wildman–Crippen MR) is 150 cm³/mol. The lowest BCUT2D eigenvalue weighted by molar-refractivity contribution is 0.601. The summed E-state index contributed by atoms with van der Waals surface area (Å²) >= 11 is 1.62. The zero-order chi connectivity index (χ0) is 25.4. The van der Waals surface area contributed by atoms with Crippen LogP contribution in [0.15, 0.2) is 114 Å². The van der Waals surface area contributed by atoms with Gasteiger partial charge in [0.25, 0.3) is 10.0 Å². The van der Waals surface area contributed by atoms with Crippen LogP contribution in [0.4, 0.5) is 5.69 Å². The summed E-state index contributed by atoms with van der Waals surface area (Å²) in [5.41, 5.74) is 5.43. The number of nitrogens with zero attached hydrogens (tertiary/aromatic N) is 3. The van der Waals surface area contributed by atoms with Crippen molar-refractivity contribution in [2.75, 3.05) is 4.72 Å². The number of anilines is 1. The molecule has 0 unspecified atom stereocenters. The molecule has 0 aliphatic rings. The molecule has 0 saturated carbocycles. The highest BCUT2D eigenvalue weighted by Crippen LogP contribution is 2.32. The van der Waals surface area contributed by atoms with Crippen molar-refractivity contribution in [3.05, 3.63) is 115 Å². The van der Waals surface area contributed by atoms with Crippen molar-refractivity contribution in [1.82, 2.24) is 14.8 Å². The molecule has 6 aromatic rings. The molecule has 6 rings (SSSR count). The van der Waals surface area contributed by atoms with Crippen LogP contribution in [0.1, 0.15) is 5.56 Å². The summed E-state index contributed by atoms with van der Waals surface area (Å²) in [4.78, 5) is 4.83. The van der Waals surface area contributed by atoms with Crippen molar-refractivity contribution >= 4 is 37.3 Å². The Morgan fingerprint density at radius 3 is 2.24 bits per heavy atom. The minimum Gasteiger partial charge on any atom is -0.280 e. The molecular weight excluding hydrogens is 500 g/mol. The number of aryl methyl sites for hydroxylation is 1. The van der Waals surface area contributed by atoms with E-state index in [1.807, 2.05) is 84.9 Å². The van der Waals surface area contributed by atoms with Crippen LogP contribution in [0, 0.1) is 6.92 Å². The molecule has 8 heteroatoms. The number of nitrogens with one attached hydrogen (secondary N) is 1. The highest BCUT2D eigenvalue weighted by molar-refractivity contribution is 7.92. The fourth-order valence-electron chi connectivity index (χ4n) is 4.11. The molecule has 1 N–H and O–H groups in total. The summed E-state index contributed by atoms with van der Waals surface area (Å²) in [5, 5.41) is 5.52. The largest absolute Gasteiger partial charge is 0.280 e. The molecule has 0 aliphatic heterocycles. The number of sulfonamides is 1. The van der Waals surface area contributed by atoms with Gasteiger partial charge in [-0.3, -0.25) is 4.72 Å². The first-order valence-electron chi connectivity index (χ1n) is 11.7. The monoisotopic (exact) mass is 522 g/mol. The average molecular weight is 523 g/mol. The zero-order valence-corrected chi connectivity index (χ0v) is 21.5. The number of benzene rings is 4. The molecule has 6 nitrogen and oxygen atoms in total. The molecule has 2 aromatic heterocycles. The van der Waals surface area contributed by atoms with Crippen LogP contribution < -0.4 is 4.72 Å². The normalized spacial score (nSPS) is 11.6. The maximum Gasteiger partial charge on any atom is 0.265 e. The van der Waals surface area contributed by atoms with Gasteiger partial charge in [0.05, 0.1) is 22.1 Å². The van der Waals surface area contributed by atoms with Crippen LogP contribution in [0.25, 0.3) is 37.7 Å². The van der Waals surface area contributed by atoms with Gasteiger partial charge in [-0.25, -0.2) is 18.1 Å². The van der Waals surface area contributed by atoms with E-state index >= 15 is 0 Å². The molecule has 4 aromatic carbocycles. The Bertz CT molecular complexity index is 1810. The van der Waals surface area contributed by atoms with Gasteiger partial charge in [-0.15, -0.1) is 11.3 Å². The van der Waals surface area contributed by atoms with Crippen molar-refractivity contribution in [2.45, 2.75) is 11.8 Å². The highest BCUT2D eigenvalue weighted by Gasteiger charge is 2.24. The Morgan fingerprint density at radius 2 is 1.51 bits per heavy atom. The first-order chi connectivity index (χ1) is 18.0. The molecule has 182 valence electrons. The van der Waals surface area contributed by atoms with Crippen LogP contribution in [0.3, 0.4) is 0 Å². The maximum absolute atomic E-state index is 13.6. The summed E-state index contributed by atoms with van der Waals surface area (Å²) in [6, 6.07) is 32.2. The van der Waals surface area contributed by atoms with Crippen LogP contribution >= 0.6 is 11.3 Å². The van der Waals surface area contributed by atoms with Gasteiger partial charge in [-0.05, 0) is 61.0 Å². The van der Waals surface area contributed by atoms with E-state index in [1.54, 1.807) is 34.3 Å². The van der Waals surface area contributed by atoms with Gasteiger partial charge in [-0.2, -0.15) is 5.10 Å². The molecule has 0 saturated heterocycles. The van der Waals surface area contributed by atoms with E-state index < -0.39 is 10.0 Å². The molecule has 0 amide bonds. The van der Waals surface area contributed by atoms with Crippen LogP contribution in [-0.4, -0.2) is 23.2 Å². The number of hydrogen-bond acceptors (Lipinski definition) is 5. The minimum atomic E-state index is -3.93. The van der Waals surface area contributed by atoms with Crippen molar-refractivity contribution in [1.29, 1.82) is 0 Å². The molecule has 0 aliphatic carbocycles. The van der Waals surface area contributed by atoms with Gasteiger partial charge in [0, 0.05) is 16.8 Å². The molecule has 0 bridgehead atoms. The molecule has 0 atom stereocenters. The second-order valence-corrected chi connectivity index (χ2v) is 11.3. The third-order valence-corrected chi connectivity index (χ3v) is 8.42. The maximum atomic E-state index is 13.6. The van der Waals surface area contributed by atoms with Crippen molar-refractivity contribution in [2.24, 2.45) is 0 Å². The van der Waals surface area contributed by atoms with Gasteiger partial charge in [0.2, 0.25) is 0 Å². The minimum absolute atomic E-state index is 0.105. The van der Waals surface area contributed by atoms with E-state index in [0.717, 1.165) is 32.0 Å². The average Bonchev–Trinajstić information content (AvgIpc) is 3.55. The third kappa shape index (κ3) is 4.64. The summed E-state index contributed by atoms with van der Waals surface area (Å²) < 4.78 is 32.6. The topological polar surface area (TPSA) is 76.9 Å². The number of hydrogen-bond donors (Lipinski definition) is 1. The Labute approximate surface area is 218 Å². The fraction of sp³-hybridized carbons (Fsp3) is 0.0345. The van der Waals surface area contributed by atoms with Crippen molar-refractivity contribution in [3.8, 4) is 27.5 Å². The quantitative estimate of drug-likeness (QED) is 0.257. The van der Waals surface area contributed by atoms with Crippen LogP contribution in [0.5, 0.6) is 0 Å². The number of aromatic nitrogens is 3. The van der Waals surface area contributed by atoms with Crippen molar-refractivity contribution in [3.63, 3.8) is 0 Å². The number of fused-ring (bicyclic) bond motifs is 1. The Hall–Kier alpha value is -4.27. The van der Waals surface area contributed by atoms with E-state index in [4.69, 9.17) is 4.98 Å². The highest BCUT2D eigenvalue weighted by atomic mass is 32.2. The molecular formula is C29H22N4O2S2. The summed E-state index contributed by atoms with van der Waals surface area (Å²) in [5.74, 6) is 0. The van der Waals surface area contributed by atoms with E-state index in [9.17, 15) is 8.42 Å². The smallest absolute Gasteiger partial charge is 0.265 e. The summed E-state index contributed by atoms with van der Waals surface area (Å²) in [7, 11) is -3.93. The standard InChI is InChI=1S/C29H22N4O2S2/c1-20-12-17-25-26(18-20)36-29(30-25)22-13-15-23(16-14-22)32-37(34,35)27-19-33(24-10-6-3-7-11-24)31-28(27)21-8-4-2-5-9-21/h2-19,32H,1H3. The molecule has 0 fully saturated rings. The second kappa shape index (κ2) is 9.31. The van der Waals surface area contributed by atoms with Gasteiger partial charge in [0.1, 0.15) is 15.6 Å². The van der Waals surface area contributed by atoms with E-state index in [2.05, 4.69) is 22.8 Å². The number of rotatable bonds is 6. The molecule has 2 heterocycles. The van der Waals surface area contributed by atoms with E-state index in [1.165, 1.54) is 5.56 Å². The molecule has 0 radical (unpaired) electrons. The lowest BCUT2D eigenvalue weighted by atomic mass is 10.2. The lowest BCUT2D eigenvalue weighted by Crippen LogP contribution is -2.13. The van der Waals surface area contributed by atoms with Crippen molar-refractivity contribution < 1.29 is 8.42 Å².